The minimum atomic E-state index is -5.35. The highest BCUT2D eigenvalue weighted by atomic mass is 19.4. The monoisotopic (exact) mass is 512 g/mol. The predicted molar refractivity (Wildman–Crippen MR) is 122 cm³/mol. The Morgan fingerprint density at radius 2 is 1.54 bits per heavy atom. The van der Waals surface area contributed by atoms with E-state index in [-0.39, 0.29) is 33.7 Å². The molecule has 2 amide bonds. The number of benzene rings is 3. The minimum Gasteiger partial charge on any atom is -0.379 e. The van der Waals surface area contributed by atoms with Crippen molar-refractivity contribution in [2.24, 2.45) is 0 Å². The first kappa shape index (κ1) is 24.9. The van der Waals surface area contributed by atoms with Crippen LogP contribution in [0.3, 0.4) is 0 Å². The molecule has 0 atom stereocenters. The van der Waals surface area contributed by atoms with Gasteiger partial charge in [0.2, 0.25) is 5.95 Å². The number of hydrogen-bond donors (Lipinski definition) is 3. The number of carbonyl (C=O) groups excluding carboxylic acids is 4. The van der Waals surface area contributed by atoms with Gasteiger partial charge in [-0.3, -0.25) is 14.9 Å². The van der Waals surface area contributed by atoms with Crippen molar-refractivity contribution in [3.05, 3.63) is 89.5 Å². The van der Waals surface area contributed by atoms with E-state index in [2.05, 4.69) is 20.2 Å². The number of nitrogens with one attached hydrogen (secondary N) is 3. The third-order valence-electron chi connectivity index (χ3n) is 4.80. The van der Waals surface area contributed by atoms with Crippen molar-refractivity contribution in [1.29, 1.82) is 0 Å². The van der Waals surface area contributed by atoms with Gasteiger partial charge in [-0.25, -0.2) is 14.6 Å². The molecular weight excluding hydrogens is 497 g/mol. The van der Waals surface area contributed by atoms with E-state index in [1.807, 2.05) is 5.32 Å². The second kappa shape index (κ2) is 10.2. The molecule has 0 fully saturated rings. The summed E-state index contributed by atoms with van der Waals surface area (Å²) in [5.74, 6) is -3.80. The molecule has 4 rings (SSSR count). The van der Waals surface area contributed by atoms with Gasteiger partial charge in [-0.15, -0.1) is 0 Å². The molecule has 0 aliphatic rings. The van der Waals surface area contributed by atoms with Crippen molar-refractivity contribution < 1.29 is 41.9 Å². The molecular formula is C24H15F3N4O6. The first-order valence-corrected chi connectivity index (χ1v) is 10.4. The molecule has 0 radical (unpaired) electrons. The lowest BCUT2D eigenvalue weighted by molar-refractivity contribution is -0.192. The summed E-state index contributed by atoms with van der Waals surface area (Å²) >= 11 is 0. The average Bonchev–Trinajstić information content (AvgIpc) is 3.28. The normalized spacial score (nSPS) is 11.0. The second-order valence-corrected chi connectivity index (χ2v) is 7.34. The maximum atomic E-state index is 13.2. The van der Waals surface area contributed by atoms with Crippen LogP contribution < -0.4 is 15.6 Å². The van der Waals surface area contributed by atoms with Crippen LogP contribution in [-0.2, 0) is 9.53 Å². The quantitative estimate of drug-likeness (QED) is 0.153. The number of para-hydroxylation sites is 1. The van der Waals surface area contributed by atoms with Gasteiger partial charge in [-0.05, 0) is 36.4 Å². The first-order valence-electron chi connectivity index (χ1n) is 10.4. The number of rotatable bonds is 6. The molecule has 0 unspecified atom stereocenters. The topological polar surface area (TPSA) is 139 Å². The lowest BCUT2D eigenvalue weighted by atomic mass is 9.98. The Balaban J connectivity index is 1.50. The van der Waals surface area contributed by atoms with Crippen molar-refractivity contribution >= 4 is 40.7 Å². The van der Waals surface area contributed by atoms with Crippen molar-refractivity contribution in [2.75, 3.05) is 5.32 Å². The fourth-order valence-corrected chi connectivity index (χ4v) is 3.16. The Bertz CT molecular complexity index is 1500. The van der Waals surface area contributed by atoms with Crippen molar-refractivity contribution in [1.82, 2.24) is 15.4 Å². The van der Waals surface area contributed by atoms with E-state index in [0.29, 0.717) is 5.75 Å². The number of amides is 2. The van der Waals surface area contributed by atoms with Crippen LogP contribution in [0.2, 0.25) is 0 Å². The van der Waals surface area contributed by atoms with Gasteiger partial charge in [0.1, 0.15) is 0 Å². The van der Waals surface area contributed by atoms with Crippen molar-refractivity contribution in [3.8, 4) is 5.75 Å². The highest BCUT2D eigenvalue weighted by Gasteiger charge is 2.42. The molecule has 0 saturated carbocycles. The minimum absolute atomic E-state index is 0.0487. The number of hydroxylamine groups is 1. The van der Waals surface area contributed by atoms with E-state index in [1.165, 1.54) is 30.3 Å². The van der Waals surface area contributed by atoms with E-state index in [0.717, 1.165) is 0 Å². The molecule has 0 aliphatic heterocycles. The third kappa shape index (κ3) is 5.90. The number of nitrogens with zero attached hydrogens (tertiary/aromatic N) is 1. The van der Waals surface area contributed by atoms with Gasteiger partial charge in [-0.2, -0.15) is 18.7 Å². The summed E-state index contributed by atoms with van der Waals surface area (Å²) in [6.45, 7) is 0. The summed E-state index contributed by atoms with van der Waals surface area (Å²) in [5.41, 5.74) is 3.02. The number of aromatic amines is 1. The molecule has 1 heterocycles. The van der Waals surface area contributed by atoms with Gasteiger partial charge < -0.3 is 14.6 Å². The van der Waals surface area contributed by atoms with E-state index in [4.69, 9.17) is 4.84 Å². The standard InChI is InChI=1S/C24H15F3N4O6/c25-24(26,27)21(34)36-23(35)30-22-28-17-11-10-13(12-18(17)29-22)19(32)15-8-4-5-9-16(15)20(33)31-37-14-6-2-1-3-7-14/h1-12H,(H,31,33)(H2,28,29,30,35). The van der Waals surface area contributed by atoms with E-state index in [1.54, 1.807) is 42.5 Å². The Hall–Kier alpha value is -5.20. The zero-order valence-corrected chi connectivity index (χ0v) is 18.5. The zero-order chi connectivity index (χ0) is 26.6. The maximum absolute atomic E-state index is 13.2. The van der Waals surface area contributed by atoms with Crippen LogP contribution >= 0.6 is 0 Å². The summed E-state index contributed by atoms with van der Waals surface area (Å²) in [7, 11) is 0. The number of esters is 1. The molecule has 0 saturated heterocycles. The molecule has 188 valence electrons. The number of anilines is 1. The lowest BCUT2D eigenvalue weighted by Gasteiger charge is -2.10. The lowest BCUT2D eigenvalue weighted by Crippen LogP contribution is -2.30. The first-order chi connectivity index (χ1) is 17.6. The number of ether oxygens (including phenoxy) is 1. The van der Waals surface area contributed by atoms with Gasteiger partial charge in [0.05, 0.1) is 16.6 Å². The molecule has 3 N–H and O–H groups in total. The Labute approximate surface area is 205 Å². The van der Waals surface area contributed by atoms with Gasteiger partial charge in [0, 0.05) is 11.1 Å². The summed E-state index contributed by atoms with van der Waals surface area (Å²) in [6, 6.07) is 18.7. The predicted octanol–water partition coefficient (Wildman–Crippen LogP) is 4.16. The van der Waals surface area contributed by atoms with E-state index < -0.39 is 29.9 Å². The summed E-state index contributed by atoms with van der Waals surface area (Å²) < 4.78 is 40.3. The highest BCUT2D eigenvalue weighted by Crippen LogP contribution is 2.21. The third-order valence-corrected chi connectivity index (χ3v) is 4.80. The summed E-state index contributed by atoms with van der Waals surface area (Å²) in [5, 5.41) is 1.87. The SMILES string of the molecule is O=C(Nc1nc2ccc(C(=O)c3ccccc3C(=O)NOc3ccccc3)cc2[nH]1)OC(=O)C(F)(F)F. The number of imidazole rings is 1. The van der Waals surface area contributed by atoms with Gasteiger partial charge in [0.15, 0.2) is 11.5 Å². The van der Waals surface area contributed by atoms with Gasteiger partial charge in [-0.1, -0.05) is 36.4 Å². The number of alkyl halides is 3. The number of ketones is 1. The fraction of sp³-hybridized carbons (Fsp3) is 0.0417. The molecule has 1 aromatic heterocycles. The molecule has 10 nitrogen and oxygen atoms in total. The van der Waals surface area contributed by atoms with Crippen LogP contribution in [0.1, 0.15) is 26.3 Å². The van der Waals surface area contributed by atoms with Crippen LogP contribution in [0.4, 0.5) is 23.9 Å². The second-order valence-electron chi connectivity index (χ2n) is 7.34. The number of halogens is 3. The smallest absolute Gasteiger partial charge is 0.379 e. The average molecular weight is 512 g/mol. The number of carbonyl (C=O) groups is 4. The van der Waals surface area contributed by atoms with Crippen molar-refractivity contribution in [3.63, 3.8) is 0 Å². The Kier molecular flexibility index (Phi) is 6.86. The van der Waals surface area contributed by atoms with Crippen LogP contribution in [0, 0.1) is 0 Å². The van der Waals surface area contributed by atoms with Gasteiger partial charge >= 0.3 is 18.2 Å². The Morgan fingerprint density at radius 3 is 2.24 bits per heavy atom. The highest BCUT2D eigenvalue weighted by molar-refractivity contribution is 6.16. The fourth-order valence-electron chi connectivity index (χ4n) is 3.16. The number of aromatic nitrogens is 2. The van der Waals surface area contributed by atoms with Crippen molar-refractivity contribution in [2.45, 2.75) is 6.18 Å². The summed E-state index contributed by atoms with van der Waals surface area (Å²) in [6.07, 6.45) is -7.04. The Morgan fingerprint density at radius 1 is 0.865 bits per heavy atom. The molecule has 0 aliphatic carbocycles. The van der Waals surface area contributed by atoms with Gasteiger partial charge in [0.25, 0.3) is 5.91 Å². The maximum Gasteiger partial charge on any atom is 0.491 e. The van der Waals surface area contributed by atoms with Crippen LogP contribution in [0.5, 0.6) is 5.75 Å². The molecule has 3 aromatic carbocycles. The summed E-state index contributed by atoms with van der Waals surface area (Å²) in [4.78, 5) is 60.0. The number of hydrogen-bond acceptors (Lipinski definition) is 7. The van der Waals surface area contributed by atoms with Crippen LogP contribution in [-0.4, -0.2) is 39.9 Å². The largest absolute Gasteiger partial charge is 0.491 e. The van der Waals surface area contributed by atoms with Crippen LogP contribution in [0.15, 0.2) is 72.8 Å². The number of fused-ring (bicyclic) bond motifs is 1. The molecule has 0 spiro atoms. The van der Waals surface area contributed by atoms with E-state index >= 15 is 0 Å². The zero-order valence-electron chi connectivity index (χ0n) is 18.5. The molecule has 13 heteroatoms. The van der Waals surface area contributed by atoms with Crippen LogP contribution in [0.25, 0.3) is 11.0 Å². The molecule has 37 heavy (non-hydrogen) atoms. The van der Waals surface area contributed by atoms with E-state index in [9.17, 15) is 32.3 Å². The molecule has 0 bridgehead atoms. The number of H-pyrrole nitrogens is 1. The molecule has 4 aromatic rings.